The number of nitrogens with zero attached hydrogens (tertiary/aromatic N) is 1. The summed E-state index contributed by atoms with van der Waals surface area (Å²) < 4.78 is 0. The van der Waals surface area contributed by atoms with Gasteiger partial charge in [-0.1, -0.05) is 237 Å². The third-order valence-electron chi connectivity index (χ3n) is 14.6. The number of fused-ring (bicyclic) bond motifs is 7. The Hall–Kier alpha value is -8.52. The Balaban J connectivity index is 1.10. The summed E-state index contributed by atoms with van der Waals surface area (Å²) in [4.78, 5) is 2.50. The zero-order chi connectivity index (χ0) is 44.4. The van der Waals surface area contributed by atoms with Gasteiger partial charge in [-0.05, 0) is 125 Å². The third-order valence-corrected chi connectivity index (χ3v) is 14.6. The minimum absolute atomic E-state index is 0.545. The molecular weight excluding hydrogens is 807 g/mol. The molecule has 0 heterocycles. The Morgan fingerprint density at radius 2 is 0.612 bits per heavy atom. The minimum Gasteiger partial charge on any atom is -0.310 e. The van der Waals surface area contributed by atoms with Gasteiger partial charge in [0.1, 0.15) is 0 Å². The maximum atomic E-state index is 2.50. The van der Waals surface area contributed by atoms with E-state index in [2.05, 4.69) is 278 Å². The average Bonchev–Trinajstić information content (AvgIpc) is 3.87. The molecule has 1 heteroatoms. The summed E-state index contributed by atoms with van der Waals surface area (Å²) in [6, 6.07) is 101. The van der Waals surface area contributed by atoms with Crippen LogP contribution in [0.4, 0.5) is 17.1 Å². The molecule has 0 amide bonds. The zero-order valence-electron chi connectivity index (χ0n) is 36.9. The van der Waals surface area contributed by atoms with Gasteiger partial charge in [0.15, 0.2) is 0 Å². The summed E-state index contributed by atoms with van der Waals surface area (Å²) in [5.41, 5.74) is 19.8. The van der Waals surface area contributed by atoms with Gasteiger partial charge in [-0.2, -0.15) is 0 Å². The molecule has 0 aromatic heterocycles. The maximum Gasteiger partial charge on any atom is 0.0714 e. The van der Waals surface area contributed by atoms with Crippen LogP contribution in [0.15, 0.2) is 273 Å². The SMILES string of the molecule is c1ccc(C2(c3ccccc3)c3ccccc3-c3ccc(N(c4cccc(-c5cccc6ccccc56)c4)c4ccc5c(c4)C(c4ccccc4)(c4ccccc4)c4ccccc4-5)cc32)cc1. The monoisotopic (exact) mass is 851 g/mol. The van der Waals surface area contributed by atoms with E-state index in [1.165, 1.54) is 88.7 Å². The van der Waals surface area contributed by atoms with Crippen molar-refractivity contribution in [1.82, 2.24) is 0 Å². The molecule has 2 aliphatic carbocycles. The van der Waals surface area contributed by atoms with Crippen molar-refractivity contribution in [2.45, 2.75) is 10.8 Å². The molecule has 2 aliphatic rings. The van der Waals surface area contributed by atoms with Crippen LogP contribution in [-0.4, -0.2) is 0 Å². The van der Waals surface area contributed by atoms with E-state index in [9.17, 15) is 0 Å². The number of hydrogen-bond acceptors (Lipinski definition) is 1. The second-order valence-corrected chi connectivity index (χ2v) is 17.9. The van der Waals surface area contributed by atoms with Crippen LogP contribution < -0.4 is 4.90 Å². The first-order chi connectivity index (χ1) is 33.2. The first-order valence-corrected chi connectivity index (χ1v) is 23.3. The summed E-state index contributed by atoms with van der Waals surface area (Å²) in [6.07, 6.45) is 0. The molecule has 67 heavy (non-hydrogen) atoms. The quantitative estimate of drug-likeness (QED) is 0.147. The molecule has 13 rings (SSSR count). The fourth-order valence-electron chi connectivity index (χ4n) is 11.9. The van der Waals surface area contributed by atoms with Gasteiger partial charge in [0.05, 0.1) is 10.8 Å². The van der Waals surface area contributed by atoms with E-state index in [1.807, 2.05) is 0 Å². The van der Waals surface area contributed by atoms with Crippen LogP contribution in [0.3, 0.4) is 0 Å². The summed E-state index contributed by atoms with van der Waals surface area (Å²) in [5.74, 6) is 0. The molecule has 0 fully saturated rings. The van der Waals surface area contributed by atoms with Gasteiger partial charge in [0.2, 0.25) is 0 Å². The maximum absolute atomic E-state index is 2.50. The topological polar surface area (TPSA) is 3.24 Å². The van der Waals surface area contributed by atoms with Gasteiger partial charge < -0.3 is 4.90 Å². The minimum atomic E-state index is -0.545. The highest BCUT2D eigenvalue weighted by Crippen LogP contribution is 2.59. The van der Waals surface area contributed by atoms with E-state index in [0.717, 1.165) is 17.1 Å². The predicted octanol–water partition coefficient (Wildman–Crippen LogP) is 16.7. The van der Waals surface area contributed by atoms with Crippen molar-refractivity contribution in [3.05, 3.63) is 317 Å². The molecule has 0 bridgehead atoms. The van der Waals surface area contributed by atoms with Crippen LogP contribution in [0.1, 0.15) is 44.5 Å². The van der Waals surface area contributed by atoms with Gasteiger partial charge >= 0.3 is 0 Å². The van der Waals surface area contributed by atoms with Crippen molar-refractivity contribution in [3.63, 3.8) is 0 Å². The molecule has 314 valence electrons. The molecule has 11 aromatic carbocycles. The molecule has 0 radical (unpaired) electrons. The van der Waals surface area contributed by atoms with Crippen LogP contribution in [0.2, 0.25) is 0 Å². The van der Waals surface area contributed by atoms with E-state index in [4.69, 9.17) is 0 Å². The lowest BCUT2D eigenvalue weighted by atomic mass is 9.67. The standard InChI is InChI=1S/C66H45N/c1-5-24-48(25-6-1)65(49-26-7-2-8-27-49)61-37-17-15-34-57(61)59-41-39-53(44-63(59)65)67(52-32-19-23-47(43-52)56-36-20-22-46-21-13-14-33-55(46)56)54-40-42-60-58-35-16-18-38-62(58)66(64(60)45-54,50-28-9-3-10-29-50)51-30-11-4-12-31-51/h1-45H. The van der Waals surface area contributed by atoms with Gasteiger partial charge in [0, 0.05) is 17.1 Å². The molecule has 0 N–H and O–H groups in total. The molecule has 0 unspecified atom stereocenters. The molecule has 0 saturated heterocycles. The summed E-state index contributed by atoms with van der Waals surface area (Å²) in [6.45, 7) is 0. The van der Waals surface area contributed by atoms with Gasteiger partial charge in [-0.15, -0.1) is 0 Å². The van der Waals surface area contributed by atoms with E-state index in [0.29, 0.717) is 0 Å². The Morgan fingerprint density at radius 1 is 0.239 bits per heavy atom. The Morgan fingerprint density at radius 3 is 1.12 bits per heavy atom. The molecule has 1 nitrogen and oxygen atoms in total. The number of anilines is 3. The van der Waals surface area contributed by atoms with Crippen LogP contribution >= 0.6 is 0 Å². The van der Waals surface area contributed by atoms with Crippen LogP contribution in [0, 0.1) is 0 Å². The second kappa shape index (κ2) is 15.6. The van der Waals surface area contributed by atoms with E-state index < -0.39 is 10.8 Å². The highest BCUT2D eigenvalue weighted by Gasteiger charge is 2.48. The normalized spacial score (nSPS) is 13.6. The van der Waals surface area contributed by atoms with Crippen molar-refractivity contribution in [3.8, 4) is 33.4 Å². The van der Waals surface area contributed by atoms with Gasteiger partial charge in [-0.25, -0.2) is 0 Å². The van der Waals surface area contributed by atoms with Crippen molar-refractivity contribution in [1.29, 1.82) is 0 Å². The van der Waals surface area contributed by atoms with Crippen LogP contribution in [0.25, 0.3) is 44.2 Å². The fraction of sp³-hybridized carbons (Fsp3) is 0.0303. The molecule has 0 atom stereocenters. The Labute approximate surface area is 392 Å². The molecular formula is C66H45N. The van der Waals surface area contributed by atoms with Crippen molar-refractivity contribution in [2.24, 2.45) is 0 Å². The van der Waals surface area contributed by atoms with E-state index in [1.54, 1.807) is 0 Å². The summed E-state index contributed by atoms with van der Waals surface area (Å²) in [5, 5.41) is 2.47. The van der Waals surface area contributed by atoms with Crippen molar-refractivity contribution in [2.75, 3.05) is 4.90 Å². The number of benzene rings is 11. The first-order valence-electron chi connectivity index (χ1n) is 23.3. The fourth-order valence-corrected chi connectivity index (χ4v) is 11.9. The summed E-state index contributed by atoms with van der Waals surface area (Å²) >= 11 is 0. The lowest BCUT2D eigenvalue weighted by Gasteiger charge is -2.36. The largest absolute Gasteiger partial charge is 0.310 e. The third kappa shape index (κ3) is 5.81. The highest BCUT2D eigenvalue weighted by molar-refractivity contribution is 5.98. The Bertz CT molecular complexity index is 3360. The van der Waals surface area contributed by atoms with Gasteiger partial charge in [0.25, 0.3) is 0 Å². The average molecular weight is 852 g/mol. The predicted molar refractivity (Wildman–Crippen MR) is 279 cm³/mol. The Kier molecular flexibility index (Phi) is 9.05. The molecule has 0 saturated carbocycles. The number of rotatable bonds is 8. The first kappa shape index (κ1) is 38.9. The van der Waals surface area contributed by atoms with Crippen molar-refractivity contribution >= 4 is 27.8 Å². The molecule has 0 spiro atoms. The lowest BCUT2D eigenvalue weighted by molar-refractivity contribution is 0.767. The van der Waals surface area contributed by atoms with Gasteiger partial charge in [-0.3, -0.25) is 0 Å². The summed E-state index contributed by atoms with van der Waals surface area (Å²) in [7, 11) is 0. The smallest absolute Gasteiger partial charge is 0.0714 e. The molecule has 0 aliphatic heterocycles. The van der Waals surface area contributed by atoms with Crippen LogP contribution in [-0.2, 0) is 10.8 Å². The van der Waals surface area contributed by atoms with Crippen LogP contribution in [0.5, 0.6) is 0 Å². The molecule has 11 aromatic rings. The lowest BCUT2D eigenvalue weighted by Crippen LogP contribution is -2.29. The second-order valence-electron chi connectivity index (χ2n) is 17.9. The van der Waals surface area contributed by atoms with Crippen molar-refractivity contribution < 1.29 is 0 Å². The number of hydrogen-bond donors (Lipinski definition) is 0. The zero-order valence-corrected chi connectivity index (χ0v) is 36.9. The highest BCUT2D eigenvalue weighted by atomic mass is 15.1. The van der Waals surface area contributed by atoms with E-state index in [-0.39, 0.29) is 0 Å². The van der Waals surface area contributed by atoms with E-state index >= 15 is 0 Å².